The molecule has 0 spiro atoms. The third-order valence-corrected chi connectivity index (χ3v) is 5.83. The van der Waals surface area contributed by atoms with Gasteiger partial charge in [-0.05, 0) is 11.1 Å². The summed E-state index contributed by atoms with van der Waals surface area (Å²) in [4.78, 5) is 38.0. The van der Waals surface area contributed by atoms with E-state index in [9.17, 15) is 19.0 Å². The fraction of sp³-hybridized carbons (Fsp3) is 0.190. The van der Waals surface area contributed by atoms with Crippen molar-refractivity contribution in [3.8, 4) is 0 Å². The molecule has 4 N–H and O–H groups in total. The second-order valence-electron chi connectivity index (χ2n) is 6.86. The molecule has 0 saturated carbocycles. The Morgan fingerprint density at radius 2 is 1.69 bits per heavy atom. The molecule has 1 aromatic heterocycles. The van der Waals surface area contributed by atoms with Gasteiger partial charge in [0.05, 0.1) is 18.7 Å². The van der Waals surface area contributed by atoms with Crippen LogP contribution in [-0.2, 0) is 38.3 Å². The third-order valence-electron chi connectivity index (χ3n) is 4.40. The van der Waals surface area contributed by atoms with E-state index in [0.717, 1.165) is 16.9 Å². The van der Waals surface area contributed by atoms with Crippen molar-refractivity contribution in [2.24, 2.45) is 0 Å². The normalized spacial score (nSPS) is 13.8. The van der Waals surface area contributed by atoms with Gasteiger partial charge < -0.3 is 14.7 Å². The first-order valence-electron chi connectivity index (χ1n) is 9.57. The Hall–Kier alpha value is -2.88. The maximum atomic E-state index is 13.3. The molecule has 1 heterocycles. The number of anilines is 1. The van der Waals surface area contributed by atoms with E-state index in [1.54, 1.807) is 24.3 Å². The summed E-state index contributed by atoms with van der Waals surface area (Å²) in [5.74, 6) is -1.76. The summed E-state index contributed by atoms with van der Waals surface area (Å²) in [5, 5.41) is 15.6. The van der Waals surface area contributed by atoms with Crippen LogP contribution in [0.3, 0.4) is 0 Å². The summed E-state index contributed by atoms with van der Waals surface area (Å²) in [6, 6.07) is 18.0. The fourth-order valence-electron chi connectivity index (χ4n) is 2.97. The standard InChI is InChI=1S/C21H22N3O6PS/c25-18(26)11-17-14-32-20(22-17)23-19(27)21(24-31(28)29,12-15-7-3-1-4-8-15)30-13-16-9-5-2-6-10-16/h1-10,14,31H,11-13H2,(H,25,26)(H,22,23,27)(H2,24,28,29). The van der Waals surface area contributed by atoms with Crippen molar-refractivity contribution >= 4 is 36.5 Å². The number of ether oxygens (including phenoxy) is 1. The third kappa shape index (κ3) is 6.81. The lowest BCUT2D eigenvalue weighted by atomic mass is 10.0. The summed E-state index contributed by atoms with van der Waals surface area (Å²) in [5.41, 5.74) is -0.103. The Labute approximate surface area is 189 Å². The molecular formula is C21H22N3O6PS. The van der Waals surface area contributed by atoms with Gasteiger partial charge in [0.25, 0.3) is 14.1 Å². The lowest BCUT2D eigenvalue weighted by Gasteiger charge is -2.32. The molecule has 0 aliphatic carbocycles. The van der Waals surface area contributed by atoms with Gasteiger partial charge in [-0.1, -0.05) is 60.7 Å². The molecule has 2 unspecified atom stereocenters. The van der Waals surface area contributed by atoms with Gasteiger partial charge in [-0.25, -0.2) is 10.1 Å². The van der Waals surface area contributed by atoms with Crippen molar-refractivity contribution in [2.45, 2.75) is 25.2 Å². The zero-order valence-electron chi connectivity index (χ0n) is 16.9. The highest BCUT2D eigenvalue weighted by atomic mass is 32.1. The number of hydrogen-bond acceptors (Lipinski definition) is 6. The summed E-state index contributed by atoms with van der Waals surface area (Å²) >= 11 is 1.05. The van der Waals surface area contributed by atoms with Crippen molar-refractivity contribution in [2.75, 3.05) is 5.32 Å². The maximum absolute atomic E-state index is 13.3. The van der Waals surface area contributed by atoms with Gasteiger partial charge in [0, 0.05) is 11.8 Å². The van der Waals surface area contributed by atoms with E-state index in [1.807, 2.05) is 36.4 Å². The molecule has 32 heavy (non-hydrogen) atoms. The van der Waals surface area contributed by atoms with Gasteiger partial charge in [0.2, 0.25) is 5.72 Å². The first kappa shape index (κ1) is 23.8. The lowest BCUT2D eigenvalue weighted by molar-refractivity contribution is -0.145. The van der Waals surface area contributed by atoms with Crippen LogP contribution < -0.4 is 10.4 Å². The molecule has 0 aliphatic heterocycles. The summed E-state index contributed by atoms with van der Waals surface area (Å²) in [6.45, 7) is 0.00533. The predicted molar refractivity (Wildman–Crippen MR) is 121 cm³/mol. The molecule has 168 valence electrons. The van der Waals surface area contributed by atoms with Crippen LogP contribution in [0.4, 0.5) is 5.13 Å². The van der Waals surface area contributed by atoms with Gasteiger partial charge in [0.1, 0.15) is 0 Å². The monoisotopic (exact) mass is 475 g/mol. The van der Waals surface area contributed by atoms with Gasteiger partial charge in [0.15, 0.2) is 5.13 Å². The average molecular weight is 475 g/mol. The number of thiazole rings is 1. The number of nitrogens with one attached hydrogen (secondary N) is 2. The van der Waals surface area contributed by atoms with Crippen LogP contribution in [0, 0.1) is 0 Å². The van der Waals surface area contributed by atoms with Crippen molar-refractivity contribution in [3.05, 3.63) is 82.9 Å². The van der Waals surface area contributed by atoms with E-state index >= 15 is 0 Å². The van der Waals surface area contributed by atoms with Gasteiger partial charge >= 0.3 is 5.97 Å². The minimum Gasteiger partial charge on any atom is -0.481 e. The highest BCUT2D eigenvalue weighted by Crippen LogP contribution is 2.27. The van der Waals surface area contributed by atoms with Gasteiger partial charge in [-0.15, -0.1) is 11.3 Å². The number of hydrogen-bond donors (Lipinski definition) is 4. The van der Waals surface area contributed by atoms with E-state index in [-0.39, 0.29) is 24.6 Å². The SMILES string of the molecule is O=C(O)Cc1csc(NC(=O)C(Cc2ccccc2)(N[PH](=O)O)OCc2ccccc2)n1. The molecule has 2 aromatic carbocycles. The second kappa shape index (κ2) is 11.1. The van der Waals surface area contributed by atoms with Gasteiger partial charge in [-0.3, -0.25) is 19.5 Å². The van der Waals surface area contributed by atoms with Crippen molar-refractivity contribution in [3.63, 3.8) is 0 Å². The first-order valence-corrected chi connectivity index (χ1v) is 11.8. The molecule has 0 radical (unpaired) electrons. The number of aliphatic carboxylic acids is 1. The van der Waals surface area contributed by atoms with Crippen LogP contribution in [-0.4, -0.2) is 32.6 Å². The summed E-state index contributed by atoms with van der Waals surface area (Å²) in [7, 11) is -3.34. The molecule has 0 saturated heterocycles. The molecule has 2 atom stereocenters. The smallest absolute Gasteiger partial charge is 0.309 e. The molecule has 0 fully saturated rings. The first-order chi connectivity index (χ1) is 15.4. The second-order valence-corrected chi connectivity index (χ2v) is 8.58. The number of rotatable bonds is 11. The molecule has 3 rings (SSSR count). The molecule has 9 nitrogen and oxygen atoms in total. The average Bonchev–Trinajstić information content (AvgIpc) is 3.19. The Morgan fingerprint density at radius 3 is 2.28 bits per heavy atom. The molecule has 0 aliphatic rings. The van der Waals surface area contributed by atoms with Crippen molar-refractivity contribution in [1.82, 2.24) is 10.1 Å². The zero-order chi connectivity index (χ0) is 23.0. The number of amides is 1. The molecule has 3 aromatic rings. The predicted octanol–water partition coefficient (Wildman–Crippen LogP) is 2.84. The topological polar surface area (TPSA) is 138 Å². The Morgan fingerprint density at radius 1 is 1.06 bits per heavy atom. The van der Waals surface area contributed by atoms with E-state index in [2.05, 4.69) is 15.4 Å². The fourth-order valence-corrected chi connectivity index (χ4v) is 4.29. The van der Waals surface area contributed by atoms with Crippen LogP contribution in [0.1, 0.15) is 16.8 Å². The van der Waals surface area contributed by atoms with Crippen LogP contribution in [0.5, 0.6) is 0 Å². The van der Waals surface area contributed by atoms with Crippen LogP contribution in [0.15, 0.2) is 66.0 Å². The highest BCUT2D eigenvalue weighted by Gasteiger charge is 2.41. The molecule has 1 amide bonds. The van der Waals surface area contributed by atoms with E-state index in [1.165, 1.54) is 5.38 Å². The van der Waals surface area contributed by atoms with E-state index in [4.69, 9.17) is 9.84 Å². The number of aromatic nitrogens is 1. The van der Waals surface area contributed by atoms with Crippen LogP contribution in [0.25, 0.3) is 0 Å². The Bertz CT molecular complexity index is 1080. The van der Waals surface area contributed by atoms with Crippen molar-refractivity contribution < 1.29 is 28.9 Å². The molecular weight excluding hydrogens is 453 g/mol. The van der Waals surface area contributed by atoms with Crippen LogP contribution in [0.2, 0.25) is 0 Å². The highest BCUT2D eigenvalue weighted by molar-refractivity contribution is 7.35. The molecule has 11 heteroatoms. The van der Waals surface area contributed by atoms with Crippen LogP contribution >= 0.6 is 19.5 Å². The van der Waals surface area contributed by atoms with Crippen molar-refractivity contribution in [1.29, 1.82) is 0 Å². The lowest BCUT2D eigenvalue weighted by Crippen LogP contribution is -2.55. The van der Waals surface area contributed by atoms with E-state index < -0.39 is 25.8 Å². The maximum Gasteiger partial charge on any atom is 0.309 e. The number of carbonyl (C=O) groups excluding carboxylic acids is 1. The van der Waals surface area contributed by atoms with E-state index in [0.29, 0.717) is 11.3 Å². The Balaban J connectivity index is 1.90. The number of carboxylic acids is 1. The summed E-state index contributed by atoms with van der Waals surface area (Å²) < 4.78 is 17.8. The van der Waals surface area contributed by atoms with Gasteiger partial charge in [-0.2, -0.15) is 0 Å². The minimum atomic E-state index is -3.34. The Kier molecular flexibility index (Phi) is 8.26. The number of nitrogens with zero attached hydrogens (tertiary/aromatic N) is 1. The number of benzene rings is 2. The number of carboxylic acid groups (broad SMARTS) is 1. The summed E-state index contributed by atoms with van der Waals surface area (Å²) in [6.07, 6.45) is -0.314. The minimum absolute atomic E-state index is 0.00533. The molecule has 0 bridgehead atoms. The quantitative estimate of drug-likeness (QED) is 0.245. The zero-order valence-corrected chi connectivity index (χ0v) is 18.7. The number of carbonyl (C=O) groups is 2. The largest absolute Gasteiger partial charge is 0.481 e.